The van der Waals surface area contributed by atoms with Crippen LogP contribution in [0.2, 0.25) is 0 Å². The van der Waals surface area contributed by atoms with Gasteiger partial charge in [-0.1, -0.05) is 39.5 Å². The highest BCUT2D eigenvalue weighted by Gasteiger charge is 2.12. The fourth-order valence-corrected chi connectivity index (χ4v) is 1.24. The van der Waals surface area contributed by atoms with E-state index < -0.39 is 0 Å². The number of rotatable bonds is 2. The molecule has 76 valence electrons. The minimum Gasteiger partial charge on any atom is -0.386 e. The van der Waals surface area contributed by atoms with Crippen LogP contribution in [0.25, 0.3) is 0 Å². The van der Waals surface area contributed by atoms with E-state index >= 15 is 0 Å². The summed E-state index contributed by atoms with van der Waals surface area (Å²) in [5.41, 5.74) is 7.92. The third-order valence-corrected chi connectivity index (χ3v) is 2.06. The first-order valence-electron chi connectivity index (χ1n) is 4.71. The number of nitrogens with one attached hydrogen (secondary N) is 1. The summed E-state index contributed by atoms with van der Waals surface area (Å²) < 4.78 is 0. The van der Waals surface area contributed by atoms with Crippen LogP contribution in [-0.4, -0.2) is 0 Å². The summed E-state index contributed by atoms with van der Waals surface area (Å²) in [7, 11) is 0. The van der Waals surface area contributed by atoms with Crippen LogP contribution in [0.15, 0.2) is 36.7 Å². The molecule has 0 fully saturated rings. The van der Waals surface area contributed by atoms with Crippen LogP contribution in [0.5, 0.6) is 0 Å². The van der Waals surface area contributed by atoms with Crippen molar-refractivity contribution in [2.75, 3.05) is 5.32 Å². The fourth-order valence-electron chi connectivity index (χ4n) is 1.24. The molecule has 0 spiro atoms. The summed E-state index contributed by atoms with van der Waals surface area (Å²) in [6, 6.07) is 8.23. The molecule has 1 rings (SSSR count). The number of hydrogen-bond acceptors (Lipinski definition) is 2. The van der Waals surface area contributed by atoms with E-state index in [-0.39, 0.29) is 5.41 Å². The van der Waals surface area contributed by atoms with Gasteiger partial charge < -0.3 is 11.1 Å². The molecule has 1 aromatic rings. The first kappa shape index (κ1) is 10.6. The Bertz CT molecular complexity index is 317. The van der Waals surface area contributed by atoms with E-state index in [4.69, 9.17) is 5.73 Å². The van der Waals surface area contributed by atoms with Gasteiger partial charge in [-0.2, -0.15) is 0 Å². The van der Waals surface area contributed by atoms with Gasteiger partial charge in [0.1, 0.15) is 0 Å². The molecule has 0 atom stereocenters. The highest BCUT2D eigenvalue weighted by atomic mass is 15.0. The van der Waals surface area contributed by atoms with E-state index in [1.165, 1.54) is 5.56 Å². The van der Waals surface area contributed by atoms with Gasteiger partial charge in [-0.3, -0.25) is 0 Å². The van der Waals surface area contributed by atoms with Crippen molar-refractivity contribution in [1.82, 2.24) is 0 Å². The van der Waals surface area contributed by atoms with Gasteiger partial charge >= 0.3 is 0 Å². The Hall–Kier alpha value is -1.44. The lowest BCUT2D eigenvalue weighted by molar-refractivity contribution is 0.590. The Morgan fingerprint density at radius 2 is 1.71 bits per heavy atom. The second kappa shape index (κ2) is 3.74. The van der Waals surface area contributed by atoms with Crippen LogP contribution in [0.1, 0.15) is 26.3 Å². The van der Waals surface area contributed by atoms with Gasteiger partial charge in [-0.15, -0.1) is 0 Å². The predicted octanol–water partition coefficient (Wildman–Crippen LogP) is 2.83. The SMILES string of the molecule is C=C(N)Nc1ccc(C(C)(C)C)cc1. The van der Waals surface area contributed by atoms with Gasteiger partial charge in [0.2, 0.25) is 0 Å². The van der Waals surface area contributed by atoms with Crippen molar-refractivity contribution in [3.05, 3.63) is 42.2 Å². The maximum Gasteiger partial charge on any atom is 0.0930 e. The van der Waals surface area contributed by atoms with Crippen molar-refractivity contribution < 1.29 is 0 Å². The van der Waals surface area contributed by atoms with Gasteiger partial charge in [-0.05, 0) is 23.1 Å². The number of anilines is 1. The Kier molecular flexibility index (Phi) is 2.84. The molecule has 0 unspecified atom stereocenters. The average molecular weight is 190 g/mol. The summed E-state index contributed by atoms with van der Waals surface area (Å²) >= 11 is 0. The van der Waals surface area contributed by atoms with Gasteiger partial charge in [0.25, 0.3) is 0 Å². The molecule has 0 saturated heterocycles. The lowest BCUT2D eigenvalue weighted by Crippen LogP contribution is -2.11. The molecule has 0 aromatic heterocycles. The van der Waals surface area contributed by atoms with Crippen molar-refractivity contribution in [2.24, 2.45) is 5.73 Å². The van der Waals surface area contributed by atoms with E-state index in [1.807, 2.05) is 12.1 Å². The lowest BCUT2D eigenvalue weighted by Gasteiger charge is -2.19. The molecule has 1 aromatic carbocycles. The molecule has 2 nitrogen and oxygen atoms in total. The zero-order chi connectivity index (χ0) is 10.8. The first-order valence-corrected chi connectivity index (χ1v) is 4.71. The van der Waals surface area contributed by atoms with E-state index in [0.29, 0.717) is 5.82 Å². The van der Waals surface area contributed by atoms with Crippen LogP contribution in [0.3, 0.4) is 0 Å². The third-order valence-electron chi connectivity index (χ3n) is 2.06. The second-order valence-corrected chi connectivity index (χ2v) is 4.48. The van der Waals surface area contributed by atoms with E-state index in [1.54, 1.807) is 0 Å². The smallest absolute Gasteiger partial charge is 0.0930 e. The lowest BCUT2D eigenvalue weighted by atomic mass is 9.87. The number of hydrogen-bond donors (Lipinski definition) is 2. The van der Waals surface area contributed by atoms with Crippen LogP contribution in [-0.2, 0) is 5.41 Å². The standard InChI is InChI=1S/C12H18N2/c1-9(13)14-11-7-5-10(6-8-11)12(2,3)4/h5-8,14H,1,13H2,2-4H3. The monoisotopic (exact) mass is 190 g/mol. The third kappa shape index (κ3) is 2.80. The van der Waals surface area contributed by atoms with Crippen molar-refractivity contribution in [3.63, 3.8) is 0 Å². The average Bonchev–Trinajstić information content (AvgIpc) is 2.02. The van der Waals surface area contributed by atoms with Gasteiger partial charge in [0, 0.05) is 5.69 Å². The van der Waals surface area contributed by atoms with Crippen LogP contribution < -0.4 is 11.1 Å². The predicted molar refractivity (Wildman–Crippen MR) is 62.1 cm³/mol. The molecule has 0 saturated carbocycles. The molecular weight excluding hydrogens is 172 g/mol. The minimum absolute atomic E-state index is 0.193. The molecule has 0 aliphatic rings. The maximum absolute atomic E-state index is 5.44. The zero-order valence-electron chi connectivity index (χ0n) is 9.09. The van der Waals surface area contributed by atoms with Crippen molar-refractivity contribution in [1.29, 1.82) is 0 Å². The largest absolute Gasteiger partial charge is 0.386 e. The highest BCUT2D eigenvalue weighted by Crippen LogP contribution is 2.23. The van der Waals surface area contributed by atoms with Crippen LogP contribution in [0.4, 0.5) is 5.69 Å². The Morgan fingerprint density at radius 3 is 2.07 bits per heavy atom. The summed E-state index contributed by atoms with van der Waals surface area (Å²) in [5.74, 6) is 0.466. The summed E-state index contributed by atoms with van der Waals surface area (Å²) in [6.45, 7) is 10.2. The van der Waals surface area contributed by atoms with Gasteiger partial charge in [-0.25, -0.2) is 0 Å². The minimum atomic E-state index is 0.193. The zero-order valence-corrected chi connectivity index (χ0v) is 9.09. The fraction of sp³-hybridized carbons (Fsp3) is 0.333. The number of nitrogens with two attached hydrogens (primary N) is 1. The van der Waals surface area contributed by atoms with Crippen molar-refractivity contribution >= 4 is 5.69 Å². The molecular formula is C12H18N2. The summed E-state index contributed by atoms with van der Waals surface area (Å²) in [5, 5.41) is 2.97. The molecule has 3 N–H and O–H groups in total. The summed E-state index contributed by atoms with van der Waals surface area (Å²) in [6.07, 6.45) is 0. The molecule has 0 aliphatic heterocycles. The molecule has 0 amide bonds. The maximum atomic E-state index is 5.44. The topological polar surface area (TPSA) is 38.0 Å². The van der Waals surface area contributed by atoms with E-state index in [9.17, 15) is 0 Å². The van der Waals surface area contributed by atoms with Crippen molar-refractivity contribution in [2.45, 2.75) is 26.2 Å². The molecule has 2 heteroatoms. The quantitative estimate of drug-likeness (QED) is 0.752. The van der Waals surface area contributed by atoms with Gasteiger partial charge in [0.15, 0.2) is 0 Å². The molecule has 14 heavy (non-hydrogen) atoms. The molecule has 0 bridgehead atoms. The first-order chi connectivity index (χ1) is 6.39. The van der Waals surface area contributed by atoms with Gasteiger partial charge in [0.05, 0.1) is 5.82 Å². The Balaban J connectivity index is 2.84. The number of benzene rings is 1. The molecule has 0 aliphatic carbocycles. The molecule has 0 heterocycles. The van der Waals surface area contributed by atoms with Crippen LogP contribution >= 0.6 is 0 Å². The Morgan fingerprint density at radius 1 is 1.21 bits per heavy atom. The Labute approximate surface area is 85.8 Å². The van der Waals surface area contributed by atoms with Crippen LogP contribution in [0, 0.1) is 0 Å². The normalized spacial score (nSPS) is 11.1. The second-order valence-electron chi connectivity index (χ2n) is 4.48. The molecule has 0 radical (unpaired) electrons. The van der Waals surface area contributed by atoms with E-state index in [0.717, 1.165) is 5.69 Å². The summed E-state index contributed by atoms with van der Waals surface area (Å²) in [4.78, 5) is 0. The highest BCUT2D eigenvalue weighted by molar-refractivity contribution is 5.49. The van der Waals surface area contributed by atoms with E-state index in [2.05, 4.69) is 44.8 Å². The van der Waals surface area contributed by atoms with Crippen molar-refractivity contribution in [3.8, 4) is 0 Å².